The molecule has 1 aromatic rings. The molecule has 0 saturated carbocycles. The smallest absolute Gasteiger partial charge is 0.219 e. The fourth-order valence-corrected chi connectivity index (χ4v) is 3.10. The van der Waals surface area contributed by atoms with Crippen LogP contribution in [0, 0.1) is 0 Å². The number of carbonyl (C=O) groups is 1. The minimum Gasteiger partial charge on any atom is -0.381 e. The standard InChI is InChI=1S/C21H34N4O2.HI/c1-3-22-21(25-15-13-24(14-16-25)19(2)26)23-12-7-8-17-27-18-11-20-9-5-4-6-10-20;/h4-6,9-10H,3,7-8,11-18H2,1-2H3,(H,22,23);1H. The molecule has 0 bridgehead atoms. The van der Waals surface area contributed by atoms with Crippen LogP contribution in [0.3, 0.4) is 0 Å². The summed E-state index contributed by atoms with van der Waals surface area (Å²) in [7, 11) is 0. The molecule has 1 aliphatic heterocycles. The minimum absolute atomic E-state index is 0. The number of amides is 1. The second kappa shape index (κ2) is 14.6. The molecular weight excluding hydrogens is 467 g/mol. The van der Waals surface area contributed by atoms with Gasteiger partial charge in [0.05, 0.1) is 6.61 Å². The van der Waals surface area contributed by atoms with Gasteiger partial charge < -0.3 is 19.9 Å². The lowest BCUT2D eigenvalue weighted by Crippen LogP contribution is -2.53. The highest BCUT2D eigenvalue weighted by Gasteiger charge is 2.20. The number of ether oxygens (including phenoxy) is 1. The fraction of sp³-hybridized carbons (Fsp3) is 0.619. The van der Waals surface area contributed by atoms with Gasteiger partial charge in [-0.2, -0.15) is 0 Å². The number of hydrogen-bond acceptors (Lipinski definition) is 3. The van der Waals surface area contributed by atoms with E-state index in [2.05, 4.69) is 41.4 Å². The van der Waals surface area contributed by atoms with Crippen molar-refractivity contribution in [2.45, 2.75) is 33.1 Å². The molecule has 0 aromatic heterocycles. The van der Waals surface area contributed by atoms with Crippen LogP contribution in [0.1, 0.15) is 32.3 Å². The van der Waals surface area contributed by atoms with E-state index in [4.69, 9.17) is 9.73 Å². The van der Waals surface area contributed by atoms with E-state index >= 15 is 0 Å². The quantitative estimate of drug-likeness (QED) is 0.244. The zero-order chi connectivity index (χ0) is 19.3. The van der Waals surface area contributed by atoms with Gasteiger partial charge in [0.15, 0.2) is 5.96 Å². The van der Waals surface area contributed by atoms with Crippen LogP contribution in [0.2, 0.25) is 0 Å². The summed E-state index contributed by atoms with van der Waals surface area (Å²) < 4.78 is 5.73. The summed E-state index contributed by atoms with van der Waals surface area (Å²) in [5.41, 5.74) is 1.32. The summed E-state index contributed by atoms with van der Waals surface area (Å²) in [6.45, 7) is 10.2. The molecule has 1 saturated heterocycles. The highest BCUT2D eigenvalue weighted by molar-refractivity contribution is 14.0. The largest absolute Gasteiger partial charge is 0.381 e. The van der Waals surface area contributed by atoms with Gasteiger partial charge >= 0.3 is 0 Å². The van der Waals surface area contributed by atoms with Crippen molar-refractivity contribution in [2.75, 3.05) is 52.5 Å². The maximum Gasteiger partial charge on any atom is 0.219 e. The van der Waals surface area contributed by atoms with E-state index in [1.54, 1.807) is 6.92 Å². The highest BCUT2D eigenvalue weighted by atomic mass is 127. The van der Waals surface area contributed by atoms with Crippen LogP contribution in [-0.4, -0.2) is 74.1 Å². The Bertz CT molecular complexity index is 575. The van der Waals surface area contributed by atoms with Gasteiger partial charge in [-0.15, -0.1) is 24.0 Å². The monoisotopic (exact) mass is 502 g/mol. The zero-order valence-electron chi connectivity index (χ0n) is 17.2. The molecule has 1 aliphatic rings. The third-order valence-electron chi connectivity index (χ3n) is 4.70. The van der Waals surface area contributed by atoms with Gasteiger partial charge in [-0.25, -0.2) is 0 Å². The Balaban J connectivity index is 0.00000392. The number of nitrogens with one attached hydrogen (secondary N) is 1. The normalized spacial score (nSPS) is 14.6. The lowest BCUT2D eigenvalue weighted by molar-refractivity contribution is -0.130. The molecule has 7 heteroatoms. The fourth-order valence-electron chi connectivity index (χ4n) is 3.10. The van der Waals surface area contributed by atoms with Crippen LogP contribution >= 0.6 is 24.0 Å². The first-order valence-electron chi connectivity index (χ1n) is 10.1. The first-order chi connectivity index (χ1) is 13.2. The van der Waals surface area contributed by atoms with Gasteiger partial charge in [0.2, 0.25) is 5.91 Å². The molecule has 1 N–H and O–H groups in total. The van der Waals surface area contributed by atoms with Crippen molar-refractivity contribution in [3.8, 4) is 0 Å². The van der Waals surface area contributed by atoms with Crippen LogP contribution in [0.15, 0.2) is 35.3 Å². The SMILES string of the molecule is CCNC(=NCCCCOCCc1ccccc1)N1CCN(C(C)=O)CC1.I. The molecule has 0 unspecified atom stereocenters. The topological polar surface area (TPSA) is 57.2 Å². The Kier molecular flexibility index (Phi) is 12.9. The summed E-state index contributed by atoms with van der Waals surface area (Å²) in [4.78, 5) is 20.3. The number of piperazine rings is 1. The van der Waals surface area contributed by atoms with E-state index in [9.17, 15) is 4.79 Å². The summed E-state index contributed by atoms with van der Waals surface area (Å²) in [5, 5.41) is 3.37. The second-order valence-corrected chi connectivity index (χ2v) is 6.78. The zero-order valence-corrected chi connectivity index (χ0v) is 19.6. The van der Waals surface area contributed by atoms with Crippen LogP contribution in [-0.2, 0) is 16.0 Å². The van der Waals surface area contributed by atoms with E-state index in [0.717, 1.165) is 77.7 Å². The average molecular weight is 502 g/mol. The number of halogens is 1. The Morgan fingerprint density at radius 3 is 2.39 bits per heavy atom. The van der Waals surface area contributed by atoms with Crippen molar-refractivity contribution in [3.63, 3.8) is 0 Å². The Morgan fingerprint density at radius 2 is 1.75 bits per heavy atom. The van der Waals surface area contributed by atoms with Crippen LogP contribution in [0.5, 0.6) is 0 Å². The highest BCUT2D eigenvalue weighted by Crippen LogP contribution is 2.04. The van der Waals surface area contributed by atoms with Crippen molar-refractivity contribution >= 4 is 35.8 Å². The predicted octanol–water partition coefficient (Wildman–Crippen LogP) is 2.77. The number of benzene rings is 1. The lowest BCUT2D eigenvalue weighted by atomic mass is 10.2. The first-order valence-corrected chi connectivity index (χ1v) is 10.1. The number of nitrogens with zero attached hydrogens (tertiary/aromatic N) is 3. The van der Waals surface area contributed by atoms with E-state index in [1.807, 2.05) is 11.0 Å². The van der Waals surface area contributed by atoms with Gasteiger partial charge in [0, 0.05) is 52.8 Å². The van der Waals surface area contributed by atoms with E-state index in [0.29, 0.717) is 0 Å². The molecule has 28 heavy (non-hydrogen) atoms. The predicted molar refractivity (Wildman–Crippen MR) is 125 cm³/mol. The molecule has 0 spiro atoms. The first kappa shape index (κ1) is 24.7. The number of hydrogen-bond donors (Lipinski definition) is 1. The van der Waals surface area contributed by atoms with E-state index in [-0.39, 0.29) is 29.9 Å². The summed E-state index contributed by atoms with van der Waals surface area (Å²) in [6, 6.07) is 10.4. The van der Waals surface area contributed by atoms with E-state index in [1.165, 1.54) is 5.56 Å². The molecule has 0 aliphatic carbocycles. The Labute approximate surface area is 186 Å². The second-order valence-electron chi connectivity index (χ2n) is 6.78. The molecule has 0 radical (unpaired) electrons. The van der Waals surface area contributed by atoms with Crippen LogP contribution in [0.25, 0.3) is 0 Å². The molecule has 1 amide bonds. The average Bonchev–Trinajstić information content (AvgIpc) is 2.70. The van der Waals surface area contributed by atoms with E-state index < -0.39 is 0 Å². The van der Waals surface area contributed by atoms with Crippen molar-refractivity contribution in [3.05, 3.63) is 35.9 Å². The third kappa shape index (κ3) is 9.23. The number of rotatable bonds is 9. The maximum absolute atomic E-state index is 11.5. The summed E-state index contributed by atoms with van der Waals surface area (Å²) in [6.07, 6.45) is 3.01. The third-order valence-corrected chi connectivity index (χ3v) is 4.70. The van der Waals surface area contributed by atoms with Crippen molar-refractivity contribution in [1.82, 2.24) is 15.1 Å². The Hall–Kier alpha value is -1.35. The summed E-state index contributed by atoms with van der Waals surface area (Å²) >= 11 is 0. The number of guanidine groups is 1. The number of aliphatic imine (C=N–C) groups is 1. The van der Waals surface area contributed by atoms with Gasteiger partial charge in [-0.1, -0.05) is 30.3 Å². The molecular formula is C21H35IN4O2. The number of carbonyl (C=O) groups excluding carboxylic acids is 1. The molecule has 1 aromatic carbocycles. The van der Waals surface area contributed by atoms with Crippen LogP contribution < -0.4 is 5.32 Å². The van der Waals surface area contributed by atoms with Gasteiger partial charge in [-0.3, -0.25) is 9.79 Å². The number of unbranched alkanes of at least 4 members (excludes halogenated alkanes) is 1. The van der Waals surface area contributed by atoms with Gasteiger partial charge in [0.25, 0.3) is 0 Å². The molecule has 158 valence electrons. The molecule has 2 rings (SSSR count). The van der Waals surface area contributed by atoms with Crippen molar-refractivity contribution in [2.24, 2.45) is 4.99 Å². The van der Waals surface area contributed by atoms with Gasteiger partial charge in [-0.05, 0) is 31.7 Å². The van der Waals surface area contributed by atoms with Crippen molar-refractivity contribution in [1.29, 1.82) is 0 Å². The summed E-state index contributed by atoms with van der Waals surface area (Å²) in [5.74, 6) is 1.12. The van der Waals surface area contributed by atoms with Crippen LogP contribution in [0.4, 0.5) is 0 Å². The molecule has 1 fully saturated rings. The Morgan fingerprint density at radius 1 is 1.07 bits per heavy atom. The molecule has 1 heterocycles. The maximum atomic E-state index is 11.5. The lowest BCUT2D eigenvalue weighted by Gasteiger charge is -2.36. The minimum atomic E-state index is 0. The molecule has 6 nitrogen and oxygen atoms in total. The van der Waals surface area contributed by atoms with Gasteiger partial charge in [0.1, 0.15) is 0 Å². The van der Waals surface area contributed by atoms with Crippen molar-refractivity contribution < 1.29 is 9.53 Å². The molecule has 0 atom stereocenters.